The minimum atomic E-state index is -0.343. The molecule has 0 saturated carbocycles. The minimum Gasteiger partial charge on any atom is -0.348 e. The molecule has 0 fully saturated rings. The Morgan fingerprint density at radius 2 is 1.96 bits per heavy atom. The highest BCUT2D eigenvalue weighted by molar-refractivity contribution is 9.10. The molecule has 3 rings (SSSR count). The van der Waals surface area contributed by atoms with Crippen LogP contribution in [0.3, 0.4) is 0 Å². The molecule has 0 radical (unpaired) electrons. The number of benzene rings is 1. The van der Waals surface area contributed by atoms with E-state index in [0.29, 0.717) is 5.65 Å². The fourth-order valence-corrected chi connectivity index (χ4v) is 2.79. The molecule has 0 bridgehead atoms. The van der Waals surface area contributed by atoms with Gasteiger partial charge >= 0.3 is 5.69 Å². The zero-order valence-corrected chi connectivity index (χ0v) is 14.9. The molecule has 0 saturated heterocycles. The van der Waals surface area contributed by atoms with Crippen molar-refractivity contribution in [2.24, 2.45) is 0 Å². The summed E-state index contributed by atoms with van der Waals surface area (Å²) in [4.78, 5) is 24.5. The zero-order chi connectivity index (χ0) is 17.3. The van der Waals surface area contributed by atoms with Gasteiger partial charge in [0.15, 0.2) is 5.65 Å². The molecule has 2 heterocycles. The van der Waals surface area contributed by atoms with Crippen molar-refractivity contribution in [1.82, 2.24) is 19.5 Å². The van der Waals surface area contributed by atoms with Crippen molar-refractivity contribution in [1.29, 1.82) is 0 Å². The molecule has 2 aromatic heterocycles. The van der Waals surface area contributed by atoms with E-state index in [9.17, 15) is 9.59 Å². The number of carbonyl (C=O) groups excluding carboxylic acids is 1. The first kappa shape index (κ1) is 16.4. The molecule has 1 aromatic carbocycles. The maximum absolute atomic E-state index is 12.3. The van der Waals surface area contributed by atoms with Gasteiger partial charge in [0, 0.05) is 10.7 Å². The summed E-state index contributed by atoms with van der Waals surface area (Å²) in [6.07, 6.45) is 1.63. The first-order valence-electron chi connectivity index (χ1n) is 7.55. The van der Waals surface area contributed by atoms with Gasteiger partial charge in [-0.3, -0.25) is 4.79 Å². The van der Waals surface area contributed by atoms with Crippen molar-refractivity contribution in [3.05, 3.63) is 68.7 Å². The Hall–Kier alpha value is -2.41. The van der Waals surface area contributed by atoms with E-state index in [1.165, 1.54) is 14.6 Å². The van der Waals surface area contributed by atoms with E-state index in [0.717, 1.165) is 10.0 Å². The number of aryl methyl sites for hydroxylation is 1. The number of hydrogen-bond donors (Lipinski definition) is 1. The van der Waals surface area contributed by atoms with Gasteiger partial charge in [-0.15, -0.1) is 5.10 Å². The summed E-state index contributed by atoms with van der Waals surface area (Å²) in [5.41, 5.74) is 2.34. The van der Waals surface area contributed by atoms with Gasteiger partial charge in [-0.2, -0.15) is 0 Å². The molecular formula is C17H17BrN4O2. The predicted octanol–water partition coefficient (Wildman–Crippen LogP) is 2.44. The summed E-state index contributed by atoms with van der Waals surface area (Å²) < 4.78 is 3.34. The van der Waals surface area contributed by atoms with Crippen LogP contribution >= 0.6 is 15.9 Å². The molecular weight excluding hydrogens is 372 g/mol. The summed E-state index contributed by atoms with van der Waals surface area (Å²) in [7, 11) is 0. The summed E-state index contributed by atoms with van der Waals surface area (Å²) in [5.74, 6) is -0.257. The molecule has 0 unspecified atom stereocenters. The molecule has 24 heavy (non-hydrogen) atoms. The fourth-order valence-electron chi connectivity index (χ4n) is 2.46. The lowest BCUT2D eigenvalue weighted by molar-refractivity contribution is -0.122. The van der Waals surface area contributed by atoms with Crippen LogP contribution in [-0.4, -0.2) is 20.1 Å². The van der Waals surface area contributed by atoms with Gasteiger partial charge in [0.05, 0.1) is 6.04 Å². The first-order chi connectivity index (χ1) is 11.4. The quantitative estimate of drug-likeness (QED) is 0.746. The molecule has 1 N–H and O–H groups in total. The number of rotatable bonds is 4. The molecule has 0 spiro atoms. The van der Waals surface area contributed by atoms with Crippen molar-refractivity contribution in [2.45, 2.75) is 26.4 Å². The van der Waals surface area contributed by atoms with Crippen LogP contribution in [0.15, 0.2) is 51.9 Å². The fraction of sp³-hybridized carbons (Fsp3) is 0.235. The highest BCUT2D eigenvalue weighted by Crippen LogP contribution is 2.13. The number of halogens is 1. The molecule has 0 aliphatic heterocycles. The van der Waals surface area contributed by atoms with Gasteiger partial charge in [0.25, 0.3) is 0 Å². The average molecular weight is 389 g/mol. The highest BCUT2D eigenvalue weighted by Gasteiger charge is 2.13. The minimum absolute atomic E-state index is 0.117. The Labute approximate surface area is 147 Å². The Kier molecular flexibility index (Phi) is 4.53. The summed E-state index contributed by atoms with van der Waals surface area (Å²) in [5, 5.41) is 7.06. The Balaban J connectivity index is 1.74. The van der Waals surface area contributed by atoms with Crippen molar-refractivity contribution in [3.8, 4) is 0 Å². The third kappa shape index (κ3) is 3.41. The summed E-state index contributed by atoms with van der Waals surface area (Å²) in [6.45, 7) is 3.81. The van der Waals surface area contributed by atoms with Gasteiger partial charge in [-0.05, 0) is 47.5 Å². The van der Waals surface area contributed by atoms with E-state index < -0.39 is 0 Å². The SMILES string of the molecule is Cc1ccc([C@H](C)NC(=O)Cn2nc3ccc(Br)cn3c2=O)cc1. The lowest BCUT2D eigenvalue weighted by Gasteiger charge is -2.14. The Bertz CT molecular complexity index is 943. The number of pyridine rings is 1. The monoisotopic (exact) mass is 388 g/mol. The van der Waals surface area contributed by atoms with Crippen LogP contribution in [-0.2, 0) is 11.3 Å². The van der Waals surface area contributed by atoms with Gasteiger partial charge < -0.3 is 5.32 Å². The van der Waals surface area contributed by atoms with Crippen LogP contribution < -0.4 is 11.0 Å². The van der Waals surface area contributed by atoms with Crippen LogP contribution in [0.2, 0.25) is 0 Å². The molecule has 1 atom stereocenters. The molecule has 3 aromatic rings. The van der Waals surface area contributed by atoms with Crippen LogP contribution in [0, 0.1) is 6.92 Å². The highest BCUT2D eigenvalue weighted by atomic mass is 79.9. The zero-order valence-electron chi connectivity index (χ0n) is 13.4. The van der Waals surface area contributed by atoms with Gasteiger partial charge in [0.2, 0.25) is 5.91 Å². The molecule has 0 aliphatic carbocycles. The molecule has 0 aliphatic rings. The molecule has 1 amide bonds. The van der Waals surface area contributed by atoms with E-state index in [1.54, 1.807) is 18.3 Å². The Morgan fingerprint density at radius 1 is 1.25 bits per heavy atom. The van der Waals surface area contributed by atoms with Crippen molar-refractivity contribution in [3.63, 3.8) is 0 Å². The third-order valence-electron chi connectivity index (χ3n) is 3.79. The van der Waals surface area contributed by atoms with Gasteiger partial charge in [0.1, 0.15) is 6.54 Å². The average Bonchev–Trinajstić information content (AvgIpc) is 2.84. The van der Waals surface area contributed by atoms with E-state index in [2.05, 4.69) is 26.3 Å². The summed E-state index contributed by atoms with van der Waals surface area (Å²) >= 11 is 3.31. The summed E-state index contributed by atoms with van der Waals surface area (Å²) in [6, 6.07) is 11.3. The van der Waals surface area contributed by atoms with E-state index in [4.69, 9.17) is 0 Å². The van der Waals surface area contributed by atoms with Gasteiger partial charge in [-0.1, -0.05) is 29.8 Å². The number of aromatic nitrogens is 3. The van der Waals surface area contributed by atoms with Crippen LogP contribution in [0.1, 0.15) is 24.1 Å². The number of amides is 1. The number of nitrogens with zero attached hydrogens (tertiary/aromatic N) is 3. The van der Waals surface area contributed by atoms with Crippen LogP contribution in [0.4, 0.5) is 0 Å². The van der Waals surface area contributed by atoms with Crippen molar-refractivity contribution >= 4 is 27.5 Å². The maximum Gasteiger partial charge on any atom is 0.350 e. The van der Waals surface area contributed by atoms with E-state index in [1.807, 2.05) is 38.1 Å². The second-order valence-corrected chi connectivity index (χ2v) is 6.63. The maximum atomic E-state index is 12.3. The third-order valence-corrected chi connectivity index (χ3v) is 4.26. The standard InChI is InChI=1S/C17H17BrN4O2/c1-11-3-5-13(6-4-11)12(2)19-16(23)10-22-17(24)21-9-14(18)7-8-15(21)20-22/h3-9,12H,10H2,1-2H3,(H,19,23)/t12-/m0/s1. The number of fused-ring (bicyclic) bond motifs is 1. The first-order valence-corrected chi connectivity index (χ1v) is 8.34. The molecule has 7 heteroatoms. The number of carbonyl (C=O) groups is 1. The Morgan fingerprint density at radius 3 is 2.67 bits per heavy atom. The lowest BCUT2D eigenvalue weighted by Crippen LogP contribution is -2.34. The van der Waals surface area contributed by atoms with E-state index >= 15 is 0 Å². The normalized spacial score (nSPS) is 12.3. The van der Waals surface area contributed by atoms with Crippen LogP contribution in [0.5, 0.6) is 0 Å². The van der Waals surface area contributed by atoms with Crippen LogP contribution in [0.25, 0.3) is 5.65 Å². The second kappa shape index (κ2) is 6.60. The molecule has 6 nitrogen and oxygen atoms in total. The number of nitrogens with one attached hydrogen (secondary N) is 1. The largest absolute Gasteiger partial charge is 0.350 e. The molecule has 124 valence electrons. The smallest absolute Gasteiger partial charge is 0.348 e. The second-order valence-electron chi connectivity index (χ2n) is 5.72. The lowest BCUT2D eigenvalue weighted by atomic mass is 10.1. The van der Waals surface area contributed by atoms with Crippen molar-refractivity contribution in [2.75, 3.05) is 0 Å². The van der Waals surface area contributed by atoms with Crippen molar-refractivity contribution < 1.29 is 4.79 Å². The van der Waals surface area contributed by atoms with E-state index in [-0.39, 0.29) is 24.2 Å². The predicted molar refractivity (Wildman–Crippen MR) is 94.9 cm³/mol. The number of hydrogen-bond acceptors (Lipinski definition) is 3. The van der Waals surface area contributed by atoms with Gasteiger partial charge in [-0.25, -0.2) is 13.9 Å². The topological polar surface area (TPSA) is 68.4 Å².